The molecule has 2 aromatic rings. The Kier molecular flexibility index (Phi) is 6.73. The van der Waals surface area contributed by atoms with Gasteiger partial charge in [0.15, 0.2) is 5.78 Å². The van der Waals surface area contributed by atoms with Gasteiger partial charge < -0.3 is 19.9 Å². The first-order valence-corrected chi connectivity index (χ1v) is 11.8. The summed E-state index contributed by atoms with van der Waals surface area (Å²) in [6.07, 6.45) is 1.71. The fraction of sp³-hybridized carbons (Fsp3) is 0.435. The molecule has 3 unspecified atom stereocenters. The number of rotatable bonds is 6. The molecular weight excluding hydrogens is 444 g/mol. The van der Waals surface area contributed by atoms with Crippen LogP contribution in [0.2, 0.25) is 0 Å². The molecule has 2 aliphatic heterocycles. The van der Waals surface area contributed by atoms with Gasteiger partial charge in [-0.25, -0.2) is 4.79 Å². The number of nitrogens with zero attached hydrogens (tertiary/aromatic N) is 3. The van der Waals surface area contributed by atoms with Gasteiger partial charge in [-0.05, 0) is 42.3 Å². The number of carbonyl (C=O) groups excluding carboxylic acids is 4. The zero-order valence-corrected chi connectivity index (χ0v) is 19.3. The molecule has 2 fully saturated rings. The van der Waals surface area contributed by atoms with Gasteiger partial charge in [0.2, 0.25) is 5.91 Å². The molecule has 10 heteroatoms. The second kappa shape index (κ2) is 9.70. The number of ketones is 1. The molecule has 2 aromatic heterocycles. The smallest absolute Gasteiger partial charge is 0.409 e. The van der Waals surface area contributed by atoms with Crippen LogP contribution in [0.5, 0.6) is 5.75 Å². The highest BCUT2D eigenvalue weighted by Gasteiger charge is 2.52. The second-order valence-corrected chi connectivity index (χ2v) is 9.40. The highest BCUT2D eigenvalue weighted by atomic mass is 32.1. The summed E-state index contributed by atoms with van der Waals surface area (Å²) < 4.78 is 5.25. The number of ether oxygens (including phenoxy) is 1. The van der Waals surface area contributed by atoms with E-state index in [0.717, 1.165) is 0 Å². The molecule has 174 valence electrons. The molecule has 4 rings (SSSR count). The van der Waals surface area contributed by atoms with E-state index in [0.29, 0.717) is 25.1 Å². The second-order valence-electron chi connectivity index (χ2n) is 8.62. The minimum atomic E-state index is -0.830. The van der Waals surface area contributed by atoms with Crippen molar-refractivity contribution < 1.29 is 23.9 Å². The van der Waals surface area contributed by atoms with Crippen molar-refractivity contribution in [2.45, 2.75) is 44.8 Å². The van der Waals surface area contributed by atoms with Crippen LogP contribution in [0.25, 0.3) is 0 Å². The maximum absolute atomic E-state index is 13.4. The Morgan fingerprint density at radius 3 is 2.73 bits per heavy atom. The largest absolute Gasteiger partial charge is 0.413 e. The molecule has 0 bridgehead atoms. The summed E-state index contributed by atoms with van der Waals surface area (Å²) >= 11 is 1.40. The van der Waals surface area contributed by atoms with E-state index in [1.165, 1.54) is 27.3 Å². The standard InChI is InChI=1S/C23H26N4O5S/c1-14(2)11-17(25-23(31)32-15-7-10-33-13-15)22(30)26-9-6-18-20(26)19(28)12-27(18)21(29)16-5-3-4-8-24-16/h3-5,7-8,10,13-14,17-18,20H,6,9,11-12H2,1-2H3,(H,25,31). The van der Waals surface area contributed by atoms with E-state index in [4.69, 9.17) is 4.74 Å². The van der Waals surface area contributed by atoms with Crippen LogP contribution in [-0.4, -0.2) is 69.7 Å². The summed E-state index contributed by atoms with van der Waals surface area (Å²) in [4.78, 5) is 58.7. The summed E-state index contributed by atoms with van der Waals surface area (Å²) in [6, 6.07) is 4.78. The van der Waals surface area contributed by atoms with Crippen LogP contribution in [0.4, 0.5) is 4.79 Å². The maximum atomic E-state index is 13.4. The summed E-state index contributed by atoms with van der Waals surface area (Å²) in [7, 11) is 0. The maximum Gasteiger partial charge on any atom is 0.413 e. The van der Waals surface area contributed by atoms with Crippen LogP contribution in [0.1, 0.15) is 37.2 Å². The van der Waals surface area contributed by atoms with E-state index >= 15 is 0 Å². The average molecular weight is 471 g/mol. The number of Topliss-reactive ketones (excluding diaryl/α,β-unsaturated/α-hetero) is 1. The minimum absolute atomic E-state index is 0.0585. The summed E-state index contributed by atoms with van der Waals surface area (Å²) in [5, 5.41) is 6.14. The molecule has 3 amide bonds. The molecule has 1 N–H and O–H groups in total. The number of pyridine rings is 1. The Labute approximate surface area is 195 Å². The van der Waals surface area contributed by atoms with Crippen molar-refractivity contribution in [1.82, 2.24) is 20.1 Å². The predicted octanol–water partition coefficient (Wildman–Crippen LogP) is 2.34. The Morgan fingerprint density at radius 1 is 1.24 bits per heavy atom. The Hall–Kier alpha value is -3.27. The van der Waals surface area contributed by atoms with Crippen molar-refractivity contribution in [3.63, 3.8) is 0 Å². The molecule has 0 radical (unpaired) electrons. The van der Waals surface area contributed by atoms with Gasteiger partial charge in [-0.1, -0.05) is 19.9 Å². The van der Waals surface area contributed by atoms with Crippen LogP contribution in [0.3, 0.4) is 0 Å². The molecule has 3 atom stereocenters. The summed E-state index contributed by atoms with van der Waals surface area (Å²) in [5.41, 5.74) is 0.270. The zero-order chi connectivity index (χ0) is 23.5. The molecule has 0 aromatic carbocycles. The fourth-order valence-corrected chi connectivity index (χ4v) is 5.01. The first-order valence-electron chi connectivity index (χ1n) is 10.9. The predicted molar refractivity (Wildman–Crippen MR) is 121 cm³/mol. The van der Waals surface area contributed by atoms with Gasteiger partial charge in [0.1, 0.15) is 23.5 Å². The summed E-state index contributed by atoms with van der Waals surface area (Å²) in [5.74, 6) is -0.301. The van der Waals surface area contributed by atoms with Crippen LogP contribution in [0.15, 0.2) is 41.2 Å². The number of fused-ring (bicyclic) bond motifs is 1. The number of amides is 3. The van der Waals surface area contributed by atoms with Crippen molar-refractivity contribution in [1.29, 1.82) is 0 Å². The average Bonchev–Trinajstić information content (AvgIpc) is 3.52. The molecule has 0 aliphatic carbocycles. The number of aromatic nitrogens is 1. The molecule has 4 heterocycles. The first kappa shape index (κ1) is 22.9. The number of hydrogen-bond donors (Lipinski definition) is 1. The van der Waals surface area contributed by atoms with Gasteiger partial charge in [0, 0.05) is 18.1 Å². The van der Waals surface area contributed by atoms with Gasteiger partial charge in [-0.3, -0.25) is 19.4 Å². The van der Waals surface area contributed by atoms with E-state index in [-0.39, 0.29) is 35.8 Å². The van der Waals surface area contributed by atoms with Gasteiger partial charge in [0.05, 0.1) is 12.6 Å². The van der Waals surface area contributed by atoms with Gasteiger partial charge in [-0.2, -0.15) is 0 Å². The molecule has 0 saturated carbocycles. The third-order valence-electron chi connectivity index (χ3n) is 5.85. The highest BCUT2D eigenvalue weighted by molar-refractivity contribution is 7.08. The van der Waals surface area contributed by atoms with E-state index in [1.54, 1.807) is 35.0 Å². The minimum Gasteiger partial charge on any atom is -0.409 e. The van der Waals surface area contributed by atoms with Gasteiger partial charge in [-0.15, -0.1) is 11.3 Å². The Morgan fingerprint density at radius 2 is 2.06 bits per heavy atom. The lowest BCUT2D eigenvalue weighted by molar-refractivity contribution is -0.138. The van der Waals surface area contributed by atoms with E-state index < -0.39 is 24.2 Å². The molecule has 33 heavy (non-hydrogen) atoms. The van der Waals surface area contributed by atoms with E-state index in [1.807, 2.05) is 13.8 Å². The lowest BCUT2D eigenvalue weighted by atomic mass is 10.0. The number of nitrogens with one attached hydrogen (secondary N) is 1. The first-order chi connectivity index (χ1) is 15.8. The number of hydrogen-bond acceptors (Lipinski definition) is 7. The van der Waals surface area contributed by atoms with Gasteiger partial charge >= 0.3 is 6.09 Å². The van der Waals surface area contributed by atoms with Gasteiger partial charge in [0.25, 0.3) is 5.91 Å². The van der Waals surface area contributed by atoms with Crippen LogP contribution >= 0.6 is 11.3 Å². The quantitative estimate of drug-likeness (QED) is 0.694. The van der Waals surface area contributed by atoms with E-state index in [2.05, 4.69) is 10.3 Å². The third-order valence-corrected chi connectivity index (χ3v) is 6.51. The van der Waals surface area contributed by atoms with Crippen LogP contribution < -0.4 is 10.1 Å². The fourth-order valence-electron chi connectivity index (χ4n) is 4.46. The number of carbonyl (C=O) groups is 4. The Bertz CT molecular complexity index is 1030. The SMILES string of the molecule is CC(C)CC(NC(=O)Oc1ccsc1)C(=O)N1CCC2C1C(=O)CN2C(=O)c1ccccn1. The van der Waals surface area contributed by atoms with Crippen molar-refractivity contribution >= 4 is 35.0 Å². The monoisotopic (exact) mass is 470 g/mol. The zero-order valence-electron chi connectivity index (χ0n) is 18.5. The van der Waals surface area contributed by atoms with Crippen molar-refractivity contribution in [2.24, 2.45) is 5.92 Å². The van der Waals surface area contributed by atoms with Crippen molar-refractivity contribution in [3.05, 3.63) is 46.9 Å². The van der Waals surface area contributed by atoms with Crippen LogP contribution in [0, 0.1) is 5.92 Å². The number of thiophene rings is 1. The molecule has 0 spiro atoms. The highest BCUT2D eigenvalue weighted by Crippen LogP contribution is 2.31. The summed E-state index contributed by atoms with van der Waals surface area (Å²) in [6.45, 7) is 4.18. The topological polar surface area (TPSA) is 109 Å². The molecular formula is C23H26N4O5S. The van der Waals surface area contributed by atoms with Crippen LogP contribution in [-0.2, 0) is 9.59 Å². The normalized spacial score (nSPS) is 20.6. The van der Waals surface area contributed by atoms with Crippen molar-refractivity contribution in [3.8, 4) is 5.75 Å². The number of likely N-dealkylation sites (tertiary alicyclic amines) is 2. The van der Waals surface area contributed by atoms with E-state index in [9.17, 15) is 19.2 Å². The molecule has 2 saturated heterocycles. The van der Waals surface area contributed by atoms with Crippen molar-refractivity contribution in [2.75, 3.05) is 13.1 Å². The molecule has 9 nitrogen and oxygen atoms in total. The molecule has 2 aliphatic rings. The third kappa shape index (κ3) is 4.90. The Balaban J connectivity index is 1.47. The lowest BCUT2D eigenvalue weighted by Crippen LogP contribution is -2.53. The lowest BCUT2D eigenvalue weighted by Gasteiger charge is -2.28.